The zero-order chi connectivity index (χ0) is 21.4. The van der Waals surface area contributed by atoms with Gasteiger partial charge in [0.15, 0.2) is 0 Å². The summed E-state index contributed by atoms with van der Waals surface area (Å²) < 4.78 is 16.7. The molecule has 5 rings (SSSR count). The van der Waals surface area contributed by atoms with Gasteiger partial charge in [-0.2, -0.15) is 0 Å². The van der Waals surface area contributed by atoms with Crippen LogP contribution in [0.2, 0.25) is 0 Å². The van der Waals surface area contributed by atoms with E-state index in [0.717, 1.165) is 63.2 Å². The van der Waals surface area contributed by atoms with Gasteiger partial charge in [-0.1, -0.05) is 18.2 Å². The molecule has 5 nitrogen and oxygen atoms in total. The molecule has 164 valence electrons. The third-order valence-electron chi connectivity index (χ3n) is 6.76. The first-order valence-corrected chi connectivity index (χ1v) is 12.7. The summed E-state index contributed by atoms with van der Waals surface area (Å²) in [4.78, 5) is 15.6. The molecule has 0 bridgehead atoms. The van der Waals surface area contributed by atoms with E-state index in [2.05, 4.69) is 27.7 Å². The predicted molar refractivity (Wildman–Crippen MR) is 125 cm³/mol. The second kappa shape index (κ2) is 8.75. The fourth-order valence-electron chi connectivity index (χ4n) is 5.09. The van der Waals surface area contributed by atoms with Crippen LogP contribution in [0.1, 0.15) is 53.5 Å². The normalized spacial score (nSPS) is 18.3. The fourth-order valence-corrected chi connectivity index (χ4v) is 5.82. The summed E-state index contributed by atoms with van der Waals surface area (Å²) in [7, 11) is 0.0319. The van der Waals surface area contributed by atoms with Crippen LogP contribution in [0.15, 0.2) is 39.6 Å². The predicted octanol–water partition coefficient (Wildman–Crippen LogP) is 4.76. The number of urea groups is 1. The lowest BCUT2D eigenvalue weighted by atomic mass is 9.99. The fraction of sp³-hybridized carbons (Fsp3) is 0.480. The lowest BCUT2D eigenvalue weighted by Crippen LogP contribution is -2.20. The molecule has 1 saturated carbocycles. The number of amides is 2. The number of carbonyl (C=O) groups excluding carboxylic acids is 1. The van der Waals surface area contributed by atoms with E-state index in [9.17, 15) is 9.00 Å². The number of benzene rings is 2. The van der Waals surface area contributed by atoms with Gasteiger partial charge >= 0.3 is 6.03 Å². The molecule has 0 aromatic heterocycles. The highest BCUT2D eigenvalue weighted by Gasteiger charge is 2.25. The SMILES string of the molecule is CN(Cc1ccc(/[SH](=O)=N/C(=O)Nc2c3c(cc4c2CCC4)CCC3)cc1)CC1CC1. The van der Waals surface area contributed by atoms with Crippen molar-refractivity contribution < 1.29 is 9.00 Å². The van der Waals surface area contributed by atoms with E-state index in [1.807, 2.05) is 24.3 Å². The highest BCUT2D eigenvalue weighted by molar-refractivity contribution is 7.75. The number of hydrogen-bond donors (Lipinski definition) is 2. The summed E-state index contributed by atoms with van der Waals surface area (Å²) in [5.74, 6) is 0.864. The largest absolute Gasteiger partial charge is 0.353 e. The molecule has 1 unspecified atom stereocenters. The summed E-state index contributed by atoms with van der Waals surface area (Å²) in [6, 6.07) is 9.51. The summed E-state index contributed by atoms with van der Waals surface area (Å²) >= 11 is 0. The van der Waals surface area contributed by atoms with Crippen molar-refractivity contribution in [3.8, 4) is 0 Å². The molecule has 2 aromatic rings. The summed E-state index contributed by atoms with van der Waals surface area (Å²) in [5.41, 5.74) is 7.40. The molecule has 0 saturated heterocycles. The molecule has 0 aliphatic heterocycles. The Kier molecular flexibility index (Phi) is 5.85. The summed E-state index contributed by atoms with van der Waals surface area (Å²) in [6.07, 6.45) is 9.13. The van der Waals surface area contributed by atoms with Crippen molar-refractivity contribution in [2.24, 2.45) is 10.3 Å². The molecular formula is C25H31N3O2S. The molecule has 3 aliphatic rings. The molecule has 1 N–H and O–H groups in total. The van der Waals surface area contributed by atoms with E-state index in [0.29, 0.717) is 4.90 Å². The van der Waals surface area contributed by atoms with Gasteiger partial charge in [0.05, 0.1) is 10.6 Å². The zero-order valence-corrected chi connectivity index (χ0v) is 19.1. The first kappa shape index (κ1) is 20.7. The van der Waals surface area contributed by atoms with Crippen molar-refractivity contribution in [1.29, 1.82) is 0 Å². The monoisotopic (exact) mass is 437 g/mol. The van der Waals surface area contributed by atoms with Crippen molar-refractivity contribution in [3.63, 3.8) is 0 Å². The van der Waals surface area contributed by atoms with Crippen molar-refractivity contribution in [2.75, 3.05) is 18.9 Å². The lowest BCUT2D eigenvalue weighted by Gasteiger charge is -2.16. The van der Waals surface area contributed by atoms with E-state index in [4.69, 9.17) is 0 Å². The van der Waals surface area contributed by atoms with Gasteiger partial charge in [-0.15, -0.1) is 4.36 Å². The third kappa shape index (κ3) is 4.70. The number of hydrogen-bond acceptors (Lipinski definition) is 3. The topological polar surface area (TPSA) is 61.8 Å². The first-order valence-electron chi connectivity index (χ1n) is 11.5. The average Bonchev–Trinajstić information content (AvgIpc) is 3.23. The van der Waals surface area contributed by atoms with E-state index in [1.165, 1.54) is 40.7 Å². The maximum absolute atomic E-state index is 12.7. The van der Waals surface area contributed by atoms with E-state index in [-0.39, 0.29) is 0 Å². The summed E-state index contributed by atoms with van der Waals surface area (Å²) in [5, 5.41) is 3.01. The third-order valence-corrected chi connectivity index (χ3v) is 7.87. The van der Waals surface area contributed by atoms with E-state index in [1.54, 1.807) is 0 Å². The van der Waals surface area contributed by atoms with Gasteiger partial charge in [0.25, 0.3) is 0 Å². The van der Waals surface area contributed by atoms with Crippen molar-refractivity contribution in [2.45, 2.75) is 62.8 Å². The molecule has 1 atom stereocenters. The number of nitrogens with zero attached hydrogens (tertiary/aromatic N) is 2. The van der Waals surface area contributed by atoms with Gasteiger partial charge in [-0.25, -0.2) is 9.00 Å². The van der Waals surface area contributed by atoms with Crippen LogP contribution in [0, 0.1) is 5.92 Å². The maximum atomic E-state index is 12.7. The molecule has 0 spiro atoms. The van der Waals surface area contributed by atoms with Crippen molar-refractivity contribution in [1.82, 2.24) is 4.90 Å². The minimum Gasteiger partial charge on any atom is -0.305 e. The smallest absolute Gasteiger partial charge is 0.305 e. The maximum Gasteiger partial charge on any atom is 0.353 e. The molecule has 0 heterocycles. The van der Waals surface area contributed by atoms with Crippen LogP contribution < -0.4 is 5.32 Å². The number of aryl methyl sites for hydroxylation is 2. The minimum atomic E-state index is -2.11. The Hall–Kier alpha value is -2.18. The summed E-state index contributed by atoms with van der Waals surface area (Å²) in [6.45, 7) is 2.02. The van der Waals surface area contributed by atoms with Gasteiger partial charge in [0.2, 0.25) is 0 Å². The Balaban J connectivity index is 1.28. The van der Waals surface area contributed by atoms with Crippen molar-refractivity contribution in [3.05, 3.63) is 58.1 Å². The Morgan fingerprint density at radius 2 is 1.71 bits per heavy atom. The second-order valence-corrected chi connectivity index (χ2v) is 10.6. The van der Waals surface area contributed by atoms with Gasteiger partial charge in [0.1, 0.15) is 0 Å². The van der Waals surface area contributed by atoms with Crippen LogP contribution in [-0.2, 0) is 42.8 Å². The molecule has 1 fully saturated rings. The van der Waals surface area contributed by atoms with Crippen LogP contribution in [0.5, 0.6) is 0 Å². The molecule has 3 aliphatic carbocycles. The lowest BCUT2D eigenvalue weighted by molar-refractivity contribution is 0.260. The Morgan fingerprint density at radius 3 is 2.32 bits per heavy atom. The minimum absolute atomic E-state index is 0.497. The van der Waals surface area contributed by atoms with Gasteiger partial charge in [-0.05, 0) is 104 Å². The quantitative estimate of drug-likeness (QED) is 0.641. The van der Waals surface area contributed by atoms with Gasteiger partial charge < -0.3 is 10.2 Å². The van der Waals surface area contributed by atoms with Crippen LogP contribution >= 0.6 is 0 Å². The highest BCUT2D eigenvalue weighted by atomic mass is 32.2. The van der Waals surface area contributed by atoms with Crippen LogP contribution in [0.4, 0.5) is 10.5 Å². The number of thiol groups is 1. The average molecular weight is 438 g/mol. The highest BCUT2D eigenvalue weighted by Crippen LogP contribution is 2.38. The first-order chi connectivity index (χ1) is 15.1. The van der Waals surface area contributed by atoms with E-state index < -0.39 is 16.6 Å². The molecule has 31 heavy (non-hydrogen) atoms. The Bertz CT molecular complexity index is 1050. The Labute approximate surface area is 186 Å². The number of rotatable bonds is 6. The standard InChI is InChI=1S/C25H31N3O2S/c1-28(15-17-8-9-17)16-18-10-12-21(13-11-18)31(30)27-25(29)26-24-22-6-2-4-19(22)14-20-5-3-7-23(20)24/h10-14,17,31H,2-9,15-16H2,1H3,(H,26,29). The second-order valence-electron chi connectivity index (χ2n) is 9.34. The van der Waals surface area contributed by atoms with E-state index >= 15 is 0 Å². The molecule has 2 amide bonds. The van der Waals surface area contributed by atoms with Gasteiger partial charge in [-0.3, -0.25) is 0 Å². The number of carbonyl (C=O) groups is 1. The zero-order valence-electron chi connectivity index (χ0n) is 18.2. The van der Waals surface area contributed by atoms with Crippen LogP contribution in [0.25, 0.3) is 0 Å². The molecular weight excluding hydrogens is 406 g/mol. The molecule has 6 heteroatoms. The van der Waals surface area contributed by atoms with Crippen LogP contribution in [0.3, 0.4) is 0 Å². The van der Waals surface area contributed by atoms with Crippen LogP contribution in [-0.4, -0.2) is 28.7 Å². The Morgan fingerprint density at radius 1 is 1.06 bits per heavy atom. The van der Waals surface area contributed by atoms with Crippen molar-refractivity contribution >= 4 is 22.3 Å². The van der Waals surface area contributed by atoms with Gasteiger partial charge in [0, 0.05) is 23.7 Å². The number of fused-ring (bicyclic) bond motifs is 2. The molecule has 0 radical (unpaired) electrons. The number of nitrogens with one attached hydrogen (secondary N) is 1. The molecule has 2 aromatic carbocycles. The number of anilines is 1.